The molecule has 256 valence electrons. The first-order valence-corrected chi connectivity index (χ1v) is 17.6. The van der Waals surface area contributed by atoms with Gasteiger partial charge in [-0.25, -0.2) is 4.39 Å². The number of carbonyl (C=O) groups is 2. The van der Waals surface area contributed by atoms with E-state index in [1.165, 1.54) is 12.1 Å². The maximum absolute atomic E-state index is 14.0. The molecule has 0 atom stereocenters. The molecule has 0 radical (unpaired) electrons. The average molecular weight is 836 g/mol. The van der Waals surface area contributed by atoms with E-state index in [4.69, 9.17) is 37.4 Å². The van der Waals surface area contributed by atoms with Gasteiger partial charge in [0.15, 0.2) is 5.75 Å². The number of hydrogen-bond acceptors (Lipinski definition) is 8. The minimum Gasteiger partial charge on any atom is -0.487 e. The van der Waals surface area contributed by atoms with Crippen LogP contribution in [0.15, 0.2) is 69.6 Å². The van der Waals surface area contributed by atoms with Crippen molar-refractivity contribution in [2.24, 2.45) is 0 Å². The smallest absolute Gasteiger partial charge is 0.317 e. The summed E-state index contributed by atoms with van der Waals surface area (Å²) in [4.78, 5) is 25.1. The number of nitrogens with zero attached hydrogens (tertiary/aromatic N) is 1. The summed E-state index contributed by atoms with van der Waals surface area (Å²) in [6.45, 7) is 5.50. The molecule has 0 aliphatic rings. The number of hydrogen-bond donors (Lipinski definition) is 2. The molecule has 4 rings (SSSR count). The van der Waals surface area contributed by atoms with Crippen molar-refractivity contribution in [2.75, 3.05) is 23.7 Å². The maximum atomic E-state index is 14.0. The molecule has 0 aliphatic carbocycles. The van der Waals surface area contributed by atoms with E-state index in [9.17, 15) is 19.2 Å². The molecule has 4 aromatic rings. The Labute approximate surface area is 311 Å². The minimum absolute atomic E-state index is 0.0809. The van der Waals surface area contributed by atoms with E-state index in [-0.39, 0.29) is 54.1 Å². The van der Waals surface area contributed by atoms with Gasteiger partial charge >= 0.3 is 11.9 Å². The molecule has 0 aliphatic heterocycles. The predicted octanol–water partition coefficient (Wildman–Crippen LogP) is 9.80. The van der Waals surface area contributed by atoms with Crippen LogP contribution in [0.2, 0.25) is 10.0 Å². The number of aryl methyl sites for hydroxylation is 1. The zero-order valence-electron chi connectivity index (χ0n) is 26.6. The van der Waals surface area contributed by atoms with Crippen LogP contribution in [0.4, 0.5) is 15.8 Å². The lowest BCUT2D eigenvalue weighted by atomic mass is 10.1. The first-order chi connectivity index (χ1) is 23.5. The van der Waals surface area contributed by atoms with Crippen molar-refractivity contribution >= 4 is 78.4 Å². The topological polar surface area (TPSA) is 110 Å². The third kappa shape index (κ3) is 11.4. The molecule has 2 N–H and O–H groups in total. The van der Waals surface area contributed by atoms with Crippen LogP contribution in [0.5, 0.6) is 11.5 Å². The van der Waals surface area contributed by atoms with Gasteiger partial charge in [0.25, 0.3) is 0 Å². The van der Waals surface area contributed by atoms with Gasteiger partial charge in [-0.05, 0) is 135 Å². The molecular weight excluding hydrogens is 804 g/mol. The number of halogens is 5. The lowest BCUT2D eigenvalue weighted by Gasteiger charge is -2.14. The Balaban J connectivity index is 1.29. The monoisotopic (exact) mass is 833 g/mol. The molecule has 0 saturated heterocycles. The van der Waals surface area contributed by atoms with Crippen molar-refractivity contribution in [1.82, 2.24) is 0 Å². The SMILES string of the molecule is CCNc1cc(C#N)cc(COc2c(Cl)cc(CCC(=O)OC(=O)Cc3cc(Br)c(OCc4cc(F)cc(NCC)c4)c(Br)c3)cc2Cl)c1. The van der Waals surface area contributed by atoms with Crippen molar-refractivity contribution in [1.29, 1.82) is 5.26 Å². The molecule has 0 aromatic heterocycles. The van der Waals surface area contributed by atoms with E-state index in [1.807, 2.05) is 26.0 Å². The normalized spacial score (nSPS) is 10.7. The summed E-state index contributed by atoms with van der Waals surface area (Å²) in [6, 6.07) is 18.8. The molecule has 0 amide bonds. The lowest BCUT2D eigenvalue weighted by molar-refractivity contribution is -0.159. The second-order valence-corrected chi connectivity index (χ2v) is 13.3. The zero-order chi connectivity index (χ0) is 35.5. The third-order valence-corrected chi connectivity index (χ3v) is 8.66. The molecule has 0 unspecified atom stereocenters. The molecule has 13 heteroatoms. The number of nitriles is 1. The molecule has 8 nitrogen and oxygen atoms in total. The van der Waals surface area contributed by atoms with Gasteiger partial charge in [-0.15, -0.1) is 0 Å². The number of benzene rings is 4. The highest BCUT2D eigenvalue weighted by molar-refractivity contribution is 9.11. The standard InChI is InChI=1S/C36H32Br2Cl2FN3O5/c1-3-43-27-9-23(18-42)7-24(10-27)19-48-36-31(39)14-21(15-32(36)40)5-6-33(45)49-34(46)16-22-12-29(37)35(30(38)13-22)47-20-25-8-26(41)17-28(11-25)44-4-2/h7-15,17,43-44H,3-6,16,19-20H2,1-2H3. The van der Waals surface area contributed by atoms with E-state index >= 15 is 0 Å². The number of ether oxygens (including phenoxy) is 3. The summed E-state index contributed by atoms with van der Waals surface area (Å²) >= 11 is 19.9. The van der Waals surface area contributed by atoms with Crippen LogP contribution >= 0.6 is 55.1 Å². The molecule has 49 heavy (non-hydrogen) atoms. The molecular formula is C36H32Br2Cl2FN3O5. The van der Waals surface area contributed by atoms with Crippen LogP contribution in [0.3, 0.4) is 0 Å². The number of anilines is 2. The van der Waals surface area contributed by atoms with Gasteiger partial charge in [-0.3, -0.25) is 9.59 Å². The number of rotatable bonds is 15. The Morgan fingerprint density at radius 2 is 1.33 bits per heavy atom. The first kappa shape index (κ1) is 38.0. The van der Waals surface area contributed by atoms with Crippen LogP contribution in [-0.4, -0.2) is 25.0 Å². The Hall–Kier alpha value is -3.82. The second-order valence-electron chi connectivity index (χ2n) is 10.8. The van der Waals surface area contributed by atoms with Gasteiger partial charge in [-0.1, -0.05) is 23.2 Å². The minimum atomic E-state index is -0.717. The average Bonchev–Trinajstić information content (AvgIpc) is 3.03. The van der Waals surface area contributed by atoms with Crippen molar-refractivity contribution in [2.45, 2.75) is 46.3 Å². The van der Waals surface area contributed by atoms with Crippen molar-refractivity contribution in [3.63, 3.8) is 0 Å². The highest BCUT2D eigenvalue weighted by Gasteiger charge is 2.17. The molecule has 0 heterocycles. The van der Waals surface area contributed by atoms with Gasteiger partial charge in [0.1, 0.15) is 24.8 Å². The Bertz CT molecular complexity index is 1840. The van der Waals surface area contributed by atoms with Crippen LogP contribution in [-0.2, 0) is 40.4 Å². The largest absolute Gasteiger partial charge is 0.487 e. The fourth-order valence-electron chi connectivity index (χ4n) is 4.87. The summed E-state index contributed by atoms with van der Waals surface area (Å²) in [5, 5.41) is 16.1. The molecule has 0 spiro atoms. The summed E-state index contributed by atoms with van der Waals surface area (Å²) in [5.41, 5.74) is 4.61. The van der Waals surface area contributed by atoms with Crippen molar-refractivity contribution < 1.29 is 28.2 Å². The Morgan fingerprint density at radius 3 is 1.92 bits per heavy atom. The Morgan fingerprint density at radius 1 is 0.755 bits per heavy atom. The zero-order valence-corrected chi connectivity index (χ0v) is 31.3. The van der Waals surface area contributed by atoms with Gasteiger partial charge in [0.2, 0.25) is 0 Å². The quantitative estimate of drug-likeness (QED) is 0.0901. The highest BCUT2D eigenvalue weighted by atomic mass is 79.9. The third-order valence-electron chi connectivity index (χ3n) is 6.92. The van der Waals surface area contributed by atoms with Crippen molar-refractivity contribution in [3.05, 3.63) is 113 Å². The predicted molar refractivity (Wildman–Crippen MR) is 196 cm³/mol. The highest BCUT2D eigenvalue weighted by Crippen LogP contribution is 2.37. The molecule has 0 saturated carbocycles. The van der Waals surface area contributed by atoms with E-state index in [0.717, 1.165) is 11.3 Å². The number of nitrogens with one attached hydrogen (secondary N) is 2. The van der Waals surface area contributed by atoms with E-state index in [0.29, 0.717) is 55.7 Å². The van der Waals surface area contributed by atoms with Gasteiger partial charge in [0.05, 0.1) is 43.5 Å². The Kier molecular flexibility index (Phi) is 14.2. The van der Waals surface area contributed by atoms with E-state index < -0.39 is 11.9 Å². The lowest BCUT2D eigenvalue weighted by Crippen LogP contribution is -2.15. The maximum Gasteiger partial charge on any atom is 0.317 e. The fourth-order valence-corrected chi connectivity index (χ4v) is 7.02. The molecule has 0 bridgehead atoms. The second kappa shape index (κ2) is 18.3. The van der Waals surface area contributed by atoms with Crippen LogP contribution in [0.1, 0.15) is 48.1 Å². The van der Waals surface area contributed by atoms with Gasteiger partial charge in [-0.2, -0.15) is 5.26 Å². The molecule has 0 fully saturated rings. The van der Waals surface area contributed by atoms with Crippen LogP contribution < -0.4 is 20.1 Å². The van der Waals surface area contributed by atoms with Gasteiger partial charge < -0.3 is 24.8 Å². The van der Waals surface area contributed by atoms with Crippen LogP contribution in [0, 0.1) is 17.1 Å². The molecule has 4 aromatic carbocycles. The fraction of sp³-hybridized carbons (Fsp3) is 0.250. The van der Waals surface area contributed by atoms with Crippen LogP contribution in [0.25, 0.3) is 0 Å². The first-order valence-electron chi connectivity index (χ1n) is 15.2. The van der Waals surface area contributed by atoms with E-state index in [1.54, 1.807) is 36.4 Å². The van der Waals surface area contributed by atoms with Crippen molar-refractivity contribution in [3.8, 4) is 17.6 Å². The number of esters is 2. The summed E-state index contributed by atoms with van der Waals surface area (Å²) in [7, 11) is 0. The summed E-state index contributed by atoms with van der Waals surface area (Å²) in [5.74, 6) is -1.03. The summed E-state index contributed by atoms with van der Waals surface area (Å²) in [6.07, 6.45) is -0.00876. The van der Waals surface area contributed by atoms with E-state index in [2.05, 4.69) is 48.6 Å². The van der Waals surface area contributed by atoms with Gasteiger partial charge in [0, 0.05) is 24.5 Å². The number of carbonyl (C=O) groups excluding carboxylic acids is 2. The summed E-state index contributed by atoms with van der Waals surface area (Å²) < 4.78 is 32.0.